The molecule has 0 aromatic heterocycles. The monoisotopic (exact) mass is 303 g/mol. The third-order valence-corrected chi connectivity index (χ3v) is 2.21. The summed E-state index contributed by atoms with van der Waals surface area (Å²) in [6.07, 6.45) is 0. The lowest BCUT2D eigenvalue weighted by atomic mass is 10.3. The molecule has 4 nitrogen and oxygen atoms in total. The molecule has 0 saturated carbocycles. The topological polar surface area (TPSA) is 67.2 Å². The highest BCUT2D eigenvalue weighted by molar-refractivity contribution is 7.87. The Bertz CT molecular complexity index is 484. The van der Waals surface area contributed by atoms with E-state index in [0.29, 0.717) is 0 Å². The van der Waals surface area contributed by atoms with Crippen molar-refractivity contribution in [2.45, 2.75) is 12.4 Å². The molecule has 0 fully saturated rings. The van der Waals surface area contributed by atoms with E-state index in [2.05, 4.69) is 4.18 Å². The van der Waals surface area contributed by atoms with Gasteiger partial charge in [-0.2, -0.15) is 21.6 Å². The second-order valence-corrected chi connectivity index (χ2v) is 4.93. The number of hydrogen-bond acceptors (Lipinski definition) is 4. The van der Waals surface area contributed by atoms with E-state index in [1.165, 1.54) is 25.1 Å². The molecule has 9 heteroatoms. The molecule has 1 rings (SSSR count). The van der Waals surface area contributed by atoms with Gasteiger partial charge in [-0.3, -0.25) is 5.41 Å². The molecule has 0 bridgehead atoms. The number of halogens is 4. The Labute approximate surface area is 107 Å². The predicted octanol–water partition coefficient (Wildman–Crippen LogP) is 3.14. The van der Waals surface area contributed by atoms with Gasteiger partial charge in [-0.25, -0.2) is 0 Å². The molecular weight excluding hydrogens is 295 g/mol. The molecule has 18 heavy (non-hydrogen) atoms. The van der Waals surface area contributed by atoms with Gasteiger partial charge in [-0.1, -0.05) is 29.8 Å². The van der Waals surface area contributed by atoms with Crippen LogP contribution in [0.5, 0.6) is 5.75 Å². The van der Waals surface area contributed by atoms with E-state index < -0.39 is 15.6 Å². The first kappa shape index (κ1) is 16.7. The van der Waals surface area contributed by atoms with Gasteiger partial charge in [0.1, 0.15) is 5.75 Å². The van der Waals surface area contributed by atoms with Crippen LogP contribution in [0.25, 0.3) is 0 Å². The van der Waals surface area contributed by atoms with Crippen molar-refractivity contribution >= 4 is 26.9 Å². The SMILES string of the molecule is CC(=N)Cl.O=S(=O)(Oc1ccccc1)C(F)(F)F. The molecule has 1 aromatic carbocycles. The second-order valence-electron chi connectivity index (χ2n) is 2.83. The number of hydrogen-bond donors (Lipinski definition) is 1. The molecule has 0 spiro atoms. The van der Waals surface area contributed by atoms with E-state index in [0.717, 1.165) is 12.1 Å². The fraction of sp³-hybridized carbons (Fsp3) is 0.222. The van der Waals surface area contributed by atoms with E-state index in [-0.39, 0.29) is 10.9 Å². The summed E-state index contributed by atoms with van der Waals surface area (Å²) in [5.41, 5.74) is -5.40. The van der Waals surface area contributed by atoms with Gasteiger partial charge in [-0.05, 0) is 19.1 Å². The Hall–Kier alpha value is -1.28. The lowest BCUT2D eigenvalue weighted by Gasteiger charge is -2.08. The Balaban J connectivity index is 0.000000631. The van der Waals surface area contributed by atoms with Gasteiger partial charge in [0.25, 0.3) is 0 Å². The standard InChI is InChI=1S/C7H5F3O3S.C2H4ClN/c8-7(9,10)14(11,12)13-6-4-2-1-3-5-6;1-2(3)4/h1-5H;4H,1H3. The summed E-state index contributed by atoms with van der Waals surface area (Å²) in [7, 11) is -5.55. The number of rotatable bonds is 2. The molecule has 0 radical (unpaired) electrons. The first-order valence-electron chi connectivity index (χ1n) is 4.32. The Kier molecular flexibility index (Phi) is 6.13. The van der Waals surface area contributed by atoms with E-state index in [4.69, 9.17) is 17.0 Å². The lowest BCUT2D eigenvalue weighted by molar-refractivity contribution is -0.0500. The van der Waals surface area contributed by atoms with Crippen LogP contribution in [0.1, 0.15) is 6.92 Å². The maximum absolute atomic E-state index is 11.8. The fourth-order valence-electron chi connectivity index (χ4n) is 0.650. The third-order valence-electron chi connectivity index (χ3n) is 1.23. The molecule has 1 N–H and O–H groups in total. The molecule has 0 unspecified atom stereocenters. The highest BCUT2D eigenvalue weighted by Gasteiger charge is 2.48. The minimum Gasteiger partial charge on any atom is -0.376 e. The molecule has 0 aliphatic heterocycles. The van der Waals surface area contributed by atoms with Crippen molar-refractivity contribution in [1.29, 1.82) is 5.41 Å². The van der Waals surface area contributed by atoms with E-state index in [1.807, 2.05) is 0 Å². The molecule has 102 valence electrons. The van der Waals surface area contributed by atoms with Crippen molar-refractivity contribution in [1.82, 2.24) is 0 Å². The molecule has 0 atom stereocenters. The van der Waals surface area contributed by atoms with Crippen LogP contribution in [0.3, 0.4) is 0 Å². The predicted molar refractivity (Wildman–Crippen MR) is 61.3 cm³/mol. The zero-order valence-electron chi connectivity index (χ0n) is 9.03. The van der Waals surface area contributed by atoms with E-state index >= 15 is 0 Å². The molecular formula is C9H9ClF3NO3S. The van der Waals surface area contributed by atoms with Gasteiger partial charge < -0.3 is 4.18 Å². The molecule has 0 aliphatic rings. The molecule has 1 aromatic rings. The summed E-state index contributed by atoms with van der Waals surface area (Å²) in [6, 6.07) is 6.47. The highest BCUT2D eigenvalue weighted by atomic mass is 35.5. The van der Waals surface area contributed by atoms with Crippen LogP contribution >= 0.6 is 11.6 Å². The van der Waals surface area contributed by atoms with Crippen LogP contribution in [0.4, 0.5) is 13.2 Å². The van der Waals surface area contributed by atoms with Crippen LogP contribution in [0.15, 0.2) is 30.3 Å². The Morgan fingerprint density at radius 1 is 1.28 bits per heavy atom. The van der Waals surface area contributed by atoms with Crippen LogP contribution in [-0.4, -0.2) is 19.1 Å². The summed E-state index contributed by atoms with van der Waals surface area (Å²) >= 11 is 4.86. The fourth-order valence-corrected chi connectivity index (χ4v) is 1.11. The highest BCUT2D eigenvalue weighted by Crippen LogP contribution is 2.26. The van der Waals surface area contributed by atoms with Crippen LogP contribution in [0, 0.1) is 5.41 Å². The molecule has 0 aliphatic carbocycles. The maximum atomic E-state index is 11.8. The van der Waals surface area contributed by atoms with Gasteiger partial charge in [0.15, 0.2) is 0 Å². The Morgan fingerprint density at radius 3 is 2.00 bits per heavy atom. The quantitative estimate of drug-likeness (QED) is 0.518. The normalized spacial score (nSPS) is 11.2. The van der Waals surface area contributed by atoms with Crippen molar-refractivity contribution in [3.05, 3.63) is 30.3 Å². The first-order chi connectivity index (χ1) is 8.06. The summed E-state index contributed by atoms with van der Waals surface area (Å²) in [6.45, 7) is 1.52. The van der Waals surface area contributed by atoms with Crippen LogP contribution < -0.4 is 4.18 Å². The van der Waals surface area contributed by atoms with Crippen LogP contribution in [0.2, 0.25) is 0 Å². The average Bonchev–Trinajstić information content (AvgIpc) is 2.15. The molecule has 0 amide bonds. The second kappa shape index (κ2) is 6.60. The van der Waals surface area contributed by atoms with Gasteiger partial charge in [0.05, 0.1) is 5.17 Å². The summed E-state index contributed by atoms with van der Waals surface area (Å²) < 4.78 is 60.2. The van der Waals surface area contributed by atoms with Crippen molar-refractivity contribution < 1.29 is 25.8 Å². The minimum absolute atomic E-state index is 0.139. The number of alkyl halides is 3. The first-order valence-corrected chi connectivity index (χ1v) is 6.11. The number of nitrogens with one attached hydrogen (secondary N) is 1. The third kappa shape index (κ3) is 6.45. The zero-order chi connectivity index (χ0) is 14.4. The van der Waals surface area contributed by atoms with Crippen molar-refractivity contribution in [2.24, 2.45) is 0 Å². The zero-order valence-corrected chi connectivity index (χ0v) is 10.6. The van der Waals surface area contributed by atoms with Gasteiger partial charge in [-0.15, -0.1) is 0 Å². The average molecular weight is 304 g/mol. The van der Waals surface area contributed by atoms with Gasteiger partial charge in [0.2, 0.25) is 0 Å². The van der Waals surface area contributed by atoms with E-state index in [1.54, 1.807) is 0 Å². The van der Waals surface area contributed by atoms with E-state index in [9.17, 15) is 21.6 Å². The van der Waals surface area contributed by atoms with Crippen LogP contribution in [-0.2, 0) is 10.1 Å². The van der Waals surface area contributed by atoms with Crippen molar-refractivity contribution in [3.63, 3.8) is 0 Å². The summed E-state index contributed by atoms with van der Waals surface area (Å²) in [4.78, 5) is 0. The maximum Gasteiger partial charge on any atom is 0.534 e. The minimum atomic E-state index is -5.55. The van der Waals surface area contributed by atoms with Gasteiger partial charge >= 0.3 is 15.6 Å². The lowest BCUT2D eigenvalue weighted by Crippen LogP contribution is -2.27. The largest absolute Gasteiger partial charge is 0.534 e. The molecule has 0 heterocycles. The van der Waals surface area contributed by atoms with Gasteiger partial charge in [0, 0.05) is 0 Å². The van der Waals surface area contributed by atoms with Crippen molar-refractivity contribution in [2.75, 3.05) is 0 Å². The summed E-state index contributed by atoms with van der Waals surface area (Å²) in [5, 5.41) is 6.40. The molecule has 0 saturated heterocycles. The Morgan fingerprint density at radius 2 is 1.67 bits per heavy atom. The number of benzene rings is 1. The van der Waals surface area contributed by atoms with Crippen molar-refractivity contribution in [3.8, 4) is 5.75 Å². The smallest absolute Gasteiger partial charge is 0.376 e. The number of para-hydroxylation sites is 1. The summed E-state index contributed by atoms with van der Waals surface area (Å²) in [5.74, 6) is -0.371.